The summed E-state index contributed by atoms with van der Waals surface area (Å²) in [7, 11) is 0. The zero-order chi connectivity index (χ0) is 23.4. The van der Waals surface area contributed by atoms with Gasteiger partial charge in [-0.25, -0.2) is 14.4 Å². The molecule has 3 aromatic rings. The minimum absolute atomic E-state index is 0.245. The lowest BCUT2D eigenvalue weighted by atomic mass is 10.1. The number of nitrogens with one attached hydrogen (secondary N) is 1. The van der Waals surface area contributed by atoms with Crippen LogP contribution >= 0.6 is 0 Å². The molecule has 1 aliphatic heterocycles. The van der Waals surface area contributed by atoms with Crippen LogP contribution in [0.15, 0.2) is 82.5 Å². The van der Waals surface area contributed by atoms with E-state index in [4.69, 9.17) is 14.2 Å². The molecule has 0 unspecified atom stereocenters. The Kier molecular flexibility index (Phi) is 6.48. The topological polar surface area (TPSA) is 137 Å². The van der Waals surface area contributed by atoms with Crippen molar-refractivity contribution < 1.29 is 28.9 Å². The molecular formula is C23H20N2O8. The van der Waals surface area contributed by atoms with Crippen LogP contribution in [0.3, 0.4) is 0 Å². The molecule has 4 rings (SSSR count). The minimum atomic E-state index is -1.48. The van der Waals surface area contributed by atoms with Crippen LogP contribution in [0, 0.1) is 0 Å². The SMILES string of the molecule is O=C(OC[C@H]1O[C@@H](n2ccc(=O)[nH]c2=O)[C@H](O)[C@@H]1OC(=O)c1ccccc1)c1ccccc1. The molecule has 2 heterocycles. The van der Waals surface area contributed by atoms with Gasteiger partial charge in [-0.3, -0.25) is 14.3 Å². The number of aromatic amines is 1. The number of carbonyl (C=O) groups is 2. The predicted octanol–water partition coefficient (Wildman–Crippen LogP) is 0.878. The Labute approximate surface area is 187 Å². The Balaban J connectivity index is 1.56. The van der Waals surface area contributed by atoms with Crippen molar-refractivity contribution in [1.29, 1.82) is 0 Å². The molecule has 0 aliphatic carbocycles. The monoisotopic (exact) mass is 452 g/mol. The summed E-state index contributed by atoms with van der Waals surface area (Å²) in [5, 5.41) is 10.8. The molecule has 4 atom stereocenters. The van der Waals surface area contributed by atoms with Gasteiger partial charge in [0.05, 0.1) is 11.1 Å². The van der Waals surface area contributed by atoms with E-state index in [1.165, 1.54) is 0 Å². The van der Waals surface area contributed by atoms with Crippen molar-refractivity contribution in [2.45, 2.75) is 24.5 Å². The Morgan fingerprint density at radius 1 is 0.939 bits per heavy atom. The number of benzene rings is 2. The lowest BCUT2D eigenvalue weighted by molar-refractivity contribution is -0.0614. The normalized spacial score (nSPS) is 22.0. The van der Waals surface area contributed by atoms with E-state index in [-0.39, 0.29) is 12.2 Å². The molecule has 10 heteroatoms. The molecule has 0 radical (unpaired) electrons. The molecular weight excluding hydrogens is 432 g/mol. The van der Waals surface area contributed by atoms with Crippen LogP contribution in [0.4, 0.5) is 0 Å². The number of aliphatic hydroxyl groups excluding tert-OH is 1. The highest BCUT2D eigenvalue weighted by Crippen LogP contribution is 2.31. The van der Waals surface area contributed by atoms with Crippen molar-refractivity contribution in [3.63, 3.8) is 0 Å². The van der Waals surface area contributed by atoms with Crippen LogP contribution in [0.1, 0.15) is 26.9 Å². The number of nitrogens with zero attached hydrogens (tertiary/aromatic N) is 1. The Morgan fingerprint density at radius 2 is 1.55 bits per heavy atom. The second-order valence-corrected chi connectivity index (χ2v) is 7.27. The average molecular weight is 452 g/mol. The molecule has 1 fully saturated rings. The highest BCUT2D eigenvalue weighted by Gasteiger charge is 2.48. The largest absolute Gasteiger partial charge is 0.459 e. The number of ether oxygens (including phenoxy) is 3. The van der Waals surface area contributed by atoms with Gasteiger partial charge in [0, 0.05) is 12.3 Å². The first-order chi connectivity index (χ1) is 15.9. The van der Waals surface area contributed by atoms with Gasteiger partial charge in [0.2, 0.25) is 0 Å². The third-order valence-corrected chi connectivity index (χ3v) is 5.08. The molecule has 1 saturated heterocycles. The summed E-state index contributed by atoms with van der Waals surface area (Å²) in [5.41, 5.74) is -0.887. The van der Waals surface area contributed by atoms with Gasteiger partial charge in [0.25, 0.3) is 5.56 Å². The van der Waals surface area contributed by atoms with E-state index < -0.39 is 47.7 Å². The molecule has 1 aliphatic rings. The van der Waals surface area contributed by atoms with Crippen LogP contribution in [-0.4, -0.2) is 51.5 Å². The van der Waals surface area contributed by atoms with E-state index in [1.54, 1.807) is 60.7 Å². The maximum atomic E-state index is 12.6. The molecule has 2 N–H and O–H groups in total. The number of hydrogen-bond donors (Lipinski definition) is 2. The number of carbonyl (C=O) groups excluding carboxylic acids is 2. The second-order valence-electron chi connectivity index (χ2n) is 7.27. The van der Waals surface area contributed by atoms with Crippen molar-refractivity contribution in [1.82, 2.24) is 9.55 Å². The molecule has 33 heavy (non-hydrogen) atoms. The summed E-state index contributed by atoms with van der Waals surface area (Å²) in [6.07, 6.45) is -3.96. The summed E-state index contributed by atoms with van der Waals surface area (Å²) in [5.74, 6) is -1.36. The van der Waals surface area contributed by atoms with Gasteiger partial charge < -0.3 is 19.3 Å². The van der Waals surface area contributed by atoms with Crippen LogP contribution in [0.25, 0.3) is 0 Å². The number of hydrogen-bond acceptors (Lipinski definition) is 8. The molecule has 0 saturated carbocycles. The van der Waals surface area contributed by atoms with Crippen molar-refractivity contribution in [2.24, 2.45) is 0 Å². The smallest absolute Gasteiger partial charge is 0.338 e. The summed E-state index contributed by atoms with van der Waals surface area (Å²) >= 11 is 0. The maximum absolute atomic E-state index is 12.6. The summed E-state index contributed by atoms with van der Waals surface area (Å²) in [6, 6.07) is 17.5. The molecule has 170 valence electrons. The molecule has 1 aromatic heterocycles. The number of esters is 2. The summed E-state index contributed by atoms with van der Waals surface area (Å²) in [6.45, 7) is -0.355. The summed E-state index contributed by atoms with van der Waals surface area (Å²) in [4.78, 5) is 50.6. The van der Waals surface area contributed by atoms with Crippen LogP contribution < -0.4 is 11.2 Å². The standard InChI is InChI=1S/C23H20N2O8/c26-17-11-12-25(23(30)24-17)20-18(27)19(33-22(29)15-9-5-2-6-10-15)16(32-20)13-31-21(28)14-7-3-1-4-8-14/h1-12,16,18-20,27H,13H2,(H,24,26,30)/t16-,18-,19-,20-/m1/s1. The highest BCUT2D eigenvalue weighted by atomic mass is 16.6. The van der Waals surface area contributed by atoms with Gasteiger partial charge in [-0.15, -0.1) is 0 Å². The van der Waals surface area contributed by atoms with E-state index in [0.717, 1.165) is 16.8 Å². The third kappa shape index (κ3) is 4.92. The Hall–Kier alpha value is -4.02. The van der Waals surface area contributed by atoms with Crippen LogP contribution in [-0.2, 0) is 14.2 Å². The van der Waals surface area contributed by atoms with Gasteiger partial charge in [0.15, 0.2) is 12.3 Å². The number of aromatic nitrogens is 2. The fraction of sp³-hybridized carbons (Fsp3) is 0.217. The van der Waals surface area contributed by atoms with Gasteiger partial charge in [0.1, 0.15) is 18.8 Å². The number of H-pyrrole nitrogens is 1. The lowest BCUT2D eigenvalue weighted by Gasteiger charge is -2.20. The fourth-order valence-electron chi connectivity index (χ4n) is 3.44. The molecule has 0 amide bonds. The van der Waals surface area contributed by atoms with E-state index in [2.05, 4.69) is 4.98 Å². The quantitative estimate of drug-likeness (QED) is 0.526. The third-order valence-electron chi connectivity index (χ3n) is 5.08. The van der Waals surface area contributed by atoms with Crippen molar-refractivity contribution in [3.05, 3.63) is 105 Å². The first-order valence-corrected chi connectivity index (χ1v) is 10.1. The minimum Gasteiger partial charge on any atom is -0.459 e. The predicted molar refractivity (Wildman–Crippen MR) is 114 cm³/mol. The van der Waals surface area contributed by atoms with E-state index in [9.17, 15) is 24.3 Å². The highest BCUT2D eigenvalue weighted by molar-refractivity contribution is 5.90. The second kappa shape index (κ2) is 9.63. The first kappa shape index (κ1) is 22.2. The van der Waals surface area contributed by atoms with Crippen molar-refractivity contribution >= 4 is 11.9 Å². The average Bonchev–Trinajstić information content (AvgIpc) is 3.13. The van der Waals surface area contributed by atoms with Crippen LogP contribution in [0.2, 0.25) is 0 Å². The van der Waals surface area contributed by atoms with Crippen molar-refractivity contribution in [2.75, 3.05) is 6.61 Å². The molecule has 0 spiro atoms. The number of rotatable bonds is 6. The summed E-state index contributed by atoms with van der Waals surface area (Å²) < 4.78 is 17.5. The molecule has 10 nitrogen and oxygen atoms in total. The van der Waals surface area contributed by atoms with Gasteiger partial charge >= 0.3 is 17.6 Å². The zero-order valence-electron chi connectivity index (χ0n) is 17.2. The Morgan fingerprint density at radius 3 is 2.15 bits per heavy atom. The lowest BCUT2D eigenvalue weighted by Crippen LogP contribution is -2.40. The van der Waals surface area contributed by atoms with Crippen molar-refractivity contribution in [3.8, 4) is 0 Å². The van der Waals surface area contributed by atoms with Gasteiger partial charge in [-0.1, -0.05) is 36.4 Å². The zero-order valence-corrected chi connectivity index (χ0v) is 17.2. The number of aliphatic hydroxyl groups is 1. The fourth-order valence-corrected chi connectivity index (χ4v) is 3.44. The van der Waals surface area contributed by atoms with E-state index >= 15 is 0 Å². The molecule has 0 bridgehead atoms. The first-order valence-electron chi connectivity index (χ1n) is 10.1. The van der Waals surface area contributed by atoms with Gasteiger partial charge in [-0.2, -0.15) is 0 Å². The van der Waals surface area contributed by atoms with Crippen LogP contribution in [0.5, 0.6) is 0 Å². The molecule has 2 aromatic carbocycles. The Bertz CT molecular complexity index is 1240. The van der Waals surface area contributed by atoms with Gasteiger partial charge in [-0.05, 0) is 24.3 Å². The van der Waals surface area contributed by atoms with E-state index in [1.807, 2.05) is 0 Å². The van der Waals surface area contributed by atoms with E-state index in [0.29, 0.717) is 5.56 Å². The maximum Gasteiger partial charge on any atom is 0.338 e.